The Hall–Kier alpha value is -2.26. The van der Waals surface area contributed by atoms with Gasteiger partial charge in [-0.3, -0.25) is 24.1 Å². The van der Waals surface area contributed by atoms with Crippen LogP contribution in [0.1, 0.15) is 71.1 Å². The summed E-state index contributed by atoms with van der Waals surface area (Å²) in [6.45, 7) is 4.31. The predicted octanol–water partition coefficient (Wildman–Crippen LogP) is 1.78. The Kier molecular flexibility index (Phi) is 10.7. The van der Waals surface area contributed by atoms with Crippen molar-refractivity contribution < 1.29 is 29.0 Å². The highest BCUT2D eigenvalue weighted by Crippen LogP contribution is 2.30. The number of nitrogens with one attached hydrogen (secondary N) is 1. The zero-order valence-electron chi connectivity index (χ0n) is 21.0. The van der Waals surface area contributed by atoms with Gasteiger partial charge in [0.15, 0.2) is 0 Å². The molecule has 4 amide bonds. The lowest BCUT2D eigenvalue weighted by molar-refractivity contribution is -0.138. The predicted molar refractivity (Wildman–Crippen MR) is 130 cm³/mol. The zero-order valence-corrected chi connectivity index (χ0v) is 21.0. The molecule has 1 saturated heterocycles. The van der Waals surface area contributed by atoms with Crippen LogP contribution in [-0.4, -0.2) is 83.5 Å². The minimum absolute atomic E-state index is 0.00983. The van der Waals surface area contributed by atoms with Gasteiger partial charge in [-0.05, 0) is 57.3 Å². The molecule has 3 rings (SSSR count). The Morgan fingerprint density at radius 3 is 2.46 bits per heavy atom. The standard InChI is InChI=1S/C26H41N3O6/c1-2-14-35-22-15-21(18-30)28(17-22)23(31)6-4-3-5-13-27-26(34)20-9-7-19(8-10-20)16-29-24(32)11-12-25(29)33/h11-12,19-22,30H,2-10,13-18H2,1H3,(H,27,34)/t19?,20?,21-,22+/m0/s1. The molecule has 2 N–H and O–H groups in total. The molecule has 2 heterocycles. The van der Waals surface area contributed by atoms with E-state index in [-0.39, 0.29) is 54.2 Å². The molecule has 1 saturated carbocycles. The Morgan fingerprint density at radius 2 is 1.80 bits per heavy atom. The number of likely N-dealkylation sites (tertiary alicyclic amines) is 1. The van der Waals surface area contributed by atoms with Crippen LogP contribution in [0.4, 0.5) is 0 Å². The fourth-order valence-electron chi connectivity index (χ4n) is 5.31. The first-order chi connectivity index (χ1) is 16.9. The van der Waals surface area contributed by atoms with E-state index in [0.717, 1.165) is 51.4 Å². The molecule has 0 radical (unpaired) electrons. The average molecular weight is 492 g/mol. The van der Waals surface area contributed by atoms with Crippen LogP contribution < -0.4 is 5.32 Å². The lowest BCUT2D eigenvalue weighted by Gasteiger charge is -2.30. The summed E-state index contributed by atoms with van der Waals surface area (Å²) in [5.74, 6) is -0.0786. The van der Waals surface area contributed by atoms with Crippen molar-refractivity contribution in [1.82, 2.24) is 15.1 Å². The van der Waals surface area contributed by atoms with Crippen LogP contribution in [0, 0.1) is 11.8 Å². The van der Waals surface area contributed by atoms with Crippen molar-refractivity contribution in [3.8, 4) is 0 Å². The first kappa shape index (κ1) is 27.3. The topological polar surface area (TPSA) is 116 Å². The van der Waals surface area contributed by atoms with Crippen molar-refractivity contribution >= 4 is 23.6 Å². The van der Waals surface area contributed by atoms with Gasteiger partial charge in [0, 0.05) is 50.7 Å². The van der Waals surface area contributed by atoms with E-state index in [0.29, 0.717) is 39.1 Å². The number of imide groups is 1. The van der Waals surface area contributed by atoms with Crippen molar-refractivity contribution in [3.63, 3.8) is 0 Å². The molecule has 2 fully saturated rings. The first-order valence-electron chi connectivity index (χ1n) is 13.3. The van der Waals surface area contributed by atoms with Gasteiger partial charge in [0.1, 0.15) is 0 Å². The molecule has 2 atom stereocenters. The van der Waals surface area contributed by atoms with Gasteiger partial charge in [0.25, 0.3) is 11.8 Å². The number of unbranched alkanes of at least 4 members (excludes halogenated alkanes) is 2. The van der Waals surface area contributed by atoms with E-state index in [1.54, 1.807) is 4.90 Å². The molecular formula is C26H41N3O6. The molecule has 9 heteroatoms. The number of hydrogen-bond acceptors (Lipinski definition) is 6. The second-order valence-electron chi connectivity index (χ2n) is 10.1. The molecule has 0 spiro atoms. The minimum Gasteiger partial charge on any atom is -0.394 e. The molecule has 3 aliphatic rings. The summed E-state index contributed by atoms with van der Waals surface area (Å²) < 4.78 is 5.76. The highest BCUT2D eigenvalue weighted by atomic mass is 16.5. The highest BCUT2D eigenvalue weighted by molar-refractivity contribution is 6.12. The number of hydrogen-bond donors (Lipinski definition) is 2. The van der Waals surface area contributed by atoms with E-state index in [1.807, 2.05) is 0 Å². The highest BCUT2D eigenvalue weighted by Gasteiger charge is 2.35. The summed E-state index contributed by atoms with van der Waals surface area (Å²) in [5.41, 5.74) is 0. The smallest absolute Gasteiger partial charge is 0.253 e. The zero-order chi connectivity index (χ0) is 25.2. The van der Waals surface area contributed by atoms with Gasteiger partial charge in [-0.1, -0.05) is 13.3 Å². The maximum absolute atomic E-state index is 12.6. The Morgan fingerprint density at radius 1 is 1.09 bits per heavy atom. The summed E-state index contributed by atoms with van der Waals surface area (Å²) >= 11 is 0. The normalized spacial score (nSPS) is 26.6. The third-order valence-electron chi connectivity index (χ3n) is 7.39. The molecular weight excluding hydrogens is 450 g/mol. The maximum atomic E-state index is 12.6. The van der Waals surface area contributed by atoms with E-state index < -0.39 is 0 Å². The molecule has 196 valence electrons. The van der Waals surface area contributed by atoms with Gasteiger partial charge in [-0.25, -0.2) is 0 Å². The van der Waals surface area contributed by atoms with E-state index in [4.69, 9.17) is 4.74 Å². The van der Waals surface area contributed by atoms with Gasteiger partial charge in [-0.15, -0.1) is 0 Å². The van der Waals surface area contributed by atoms with Crippen LogP contribution in [0.15, 0.2) is 12.2 Å². The number of aliphatic hydroxyl groups is 1. The number of nitrogens with zero attached hydrogens (tertiary/aromatic N) is 2. The fraction of sp³-hybridized carbons (Fsp3) is 0.769. The Bertz CT molecular complexity index is 759. The molecule has 9 nitrogen and oxygen atoms in total. The van der Waals surface area contributed by atoms with Crippen LogP contribution >= 0.6 is 0 Å². The van der Waals surface area contributed by atoms with Crippen LogP contribution in [0.25, 0.3) is 0 Å². The molecule has 0 aromatic heterocycles. The number of rotatable bonds is 13. The number of carbonyl (C=O) groups excluding carboxylic acids is 4. The lowest BCUT2D eigenvalue weighted by Crippen LogP contribution is -2.38. The summed E-state index contributed by atoms with van der Waals surface area (Å²) in [6, 6.07) is -0.147. The molecule has 0 aromatic rings. The van der Waals surface area contributed by atoms with Crippen LogP contribution in [0.5, 0.6) is 0 Å². The Balaban J connectivity index is 1.24. The van der Waals surface area contributed by atoms with E-state index in [9.17, 15) is 24.3 Å². The first-order valence-corrected chi connectivity index (χ1v) is 13.3. The summed E-state index contributed by atoms with van der Waals surface area (Å²) in [4.78, 5) is 51.6. The number of carbonyl (C=O) groups is 4. The number of ether oxygens (including phenoxy) is 1. The van der Waals surface area contributed by atoms with Crippen molar-refractivity contribution in [2.75, 3.05) is 32.8 Å². The van der Waals surface area contributed by atoms with Crippen LogP contribution in [-0.2, 0) is 23.9 Å². The van der Waals surface area contributed by atoms with Crippen LogP contribution in [0.2, 0.25) is 0 Å². The second-order valence-corrected chi connectivity index (χ2v) is 10.1. The average Bonchev–Trinajstić information content (AvgIpc) is 3.43. The third kappa shape index (κ3) is 7.87. The summed E-state index contributed by atoms with van der Waals surface area (Å²) in [7, 11) is 0. The maximum Gasteiger partial charge on any atom is 0.253 e. The number of aliphatic hydroxyl groups excluding tert-OH is 1. The van der Waals surface area contributed by atoms with Crippen molar-refractivity contribution in [3.05, 3.63) is 12.2 Å². The quantitative estimate of drug-likeness (QED) is 0.300. The van der Waals surface area contributed by atoms with E-state index >= 15 is 0 Å². The molecule has 2 aliphatic heterocycles. The third-order valence-corrected chi connectivity index (χ3v) is 7.39. The van der Waals surface area contributed by atoms with Crippen molar-refractivity contribution in [2.45, 2.75) is 83.3 Å². The molecule has 0 aromatic carbocycles. The largest absolute Gasteiger partial charge is 0.394 e. The molecule has 0 bridgehead atoms. The minimum atomic E-state index is -0.240. The fourth-order valence-corrected chi connectivity index (χ4v) is 5.31. The van der Waals surface area contributed by atoms with Crippen molar-refractivity contribution in [1.29, 1.82) is 0 Å². The monoisotopic (exact) mass is 491 g/mol. The van der Waals surface area contributed by atoms with Gasteiger partial charge >= 0.3 is 0 Å². The van der Waals surface area contributed by atoms with E-state index in [1.165, 1.54) is 17.1 Å². The SMILES string of the molecule is CCCO[C@@H]1C[C@@H](CO)N(C(=O)CCCCCNC(=O)C2CCC(CN3C(=O)C=CC3=O)CC2)C1. The second kappa shape index (κ2) is 13.7. The molecule has 1 aliphatic carbocycles. The summed E-state index contributed by atoms with van der Waals surface area (Å²) in [5, 5.41) is 12.6. The molecule has 35 heavy (non-hydrogen) atoms. The van der Waals surface area contributed by atoms with Crippen molar-refractivity contribution in [2.24, 2.45) is 11.8 Å². The van der Waals surface area contributed by atoms with Gasteiger partial charge < -0.3 is 20.1 Å². The van der Waals surface area contributed by atoms with Crippen LogP contribution in [0.3, 0.4) is 0 Å². The van der Waals surface area contributed by atoms with Gasteiger partial charge in [0.2, 0.25) is 11.8 Å². The van der Waals surface area contributed by atoms with Gasteiger partial charge in [-0.2, -0.15) is 0 Å². The summed E-state index contributed by atoms with van der Waals surface area (Å²) in [6.07, 6.45) is 10.4. The molecule has 0 unspecified atom stereocenters. The Labute approximate surface area is 208 Å². The lowest BCUT2D eigenvalue weighted by atomic mass is 9.81. The number of amides is 4. The van der Waals surface area contributed by atoms with Gasteiger partial charge in [0.05, 0.1) is 18.8 Å². The van der Waals surface area contributed by atoms with E-state index in [2.05, 4.69) is 12.2 Å².